The van der Waals surface area contributed by atoms with Crippen molar-refractivity contribution in [3.8, 4) is 0 Å². The molecule has 0 aliphatic carbocycles. The number of hydrazine groups is 1. The van der Waals surface area contributed by atoms with Crippen LogP contribution in [0.5, 0.6) is 0 Å². The van der Waals surface area contributed by atoms with E-state index in [4.69, 9.17) is 11.6 Å². The minimum absolute atomic E-state index is 0.284. The lowest BCUT2D eigenvalue weighted by atomic mass is 9.98. The van der Waals surface area contributed by atoms with Crippen molar-refractivity contribution in [2.75, 3.05) is 0 Å². The maximum absolute atomic E-state index is 12.9. The van der Waals surface area contributed by atoms with E-state index in [0.717, 1.165) is 16.7 Å². The van der Waals surface area contributed by atoms with Gasteiger partial charge < -0.3 is 5.32 Å². The fraction of sp³-hybridized carbons (Fsp3) is 0.125. The van der Waals surface area contributed by atoms with Gasteiger partial charge in [-0.2, -0.15) is 0 Å². The van der Waals surface area contributed by atoms with Crippen molar-refractivity contribution in [2.45, 2.75) is 19.0 Å². The Balaban J connectivity index is 1.73. The second-order valence-electron chi connectivity index (χ2n) is 7.21. The van der Waals surface area contributed by atoms with E-state index in [0.29, 0.717) is 10.6 Å². The van der Waals surface area contributed by atoms with Crippen molar-refractivity contribution in [1.82, 2.24) is 10.7 Å². The largest absolute Gasteiger partial charge is 0.334 e. The average molecular weight is 419 g/mol. The molecule has 150 valence electrons. The van der Waals surface area contributed by atoms with Crippen molar-refractivity contribution in [2.24, 2.45) is 0 Å². The van der Waals surface area contributed by atoms with Gasteiger partial charge in [0.25, 0.3) is 5.91 Å². The minimum Gasteiger partial charge on any atom is -0.334 e. The van der Waals surface area contributed by atoms with E-state index in [-0.39, 0.29) is 11.8 Å². The van der Waals surface area contributed by atoms with E-state index < -0.39 is 12.1 Å². The fourth-order valence-electron chi connectivity index (χ4n) is 3.49. The first kappa shape index (κ1) is 19.9. The molecule has 4 rings (SSSR count). The molecule has 2 amide bonds. The number of carbonyl (C=O) groups is 2. The molecule has 0 aromatic heterocycles. The Kier molecular flexibility index (Phi) is 5.63. The van der Waals surface area contributed by atoms with Crippen LogP contribution in [0.2, 0.25) is 5.02 Å². The number of rotatable bonds is 4. The summed E-state index contributed by atoms with van der Waals surface area (Å²) in [5.41, 5.74) is 6.15. The number of benzene rings is 3. The Hall–Kier alpha value is -3.44. The maximum Gasteiger partial charge on any atom is 0.304 e. The molecular formula is C24H21ClN3O2+. The Morgan fingerprint density at radius 1 is 1.00 bits per heavy atom. The van der Waals surface area contributed by atoms with Crippen LogP contribution in [0.25, 0.3) is 0 Å². The van der Waals surface area contributed by atoms with Gasteiger partial charge in [-0.1, -0.05) is 71.8 Å². The second-order valence-corrected chi connectivity index (χ2v) is 7.61. The van der Waals surface area contributed by atoms with Crippen molar-refractivity contribution in [3.05, 3.63) is 106 Å². The lowest BCUT2D eigenvalue weighted by Crippen LogP contribution is -2.42. The van der Waals surface area contributed by atoms with E-state index in [1.807, 2.05) is 55.5 Å². The summed E-state index contributed by atoms with van der Waals surface area (Å²) in [6.07, 6.45) is 1.79. The first-order valence-corrected chi connectivity index (χ1v) is 10.0. The number of nitrogens with one attached hydrogen (secondary N) is 2. The summed E-state index contributed by atoms with van der Waals surface area (Å²) in [7, 11) is 0. The van der Waals surface area contributed by atoms with Gasteiger partial charge in [-0.15, -0.1) is 10.1 Å². The lowest BCUT2D eigenvalue weighted by Gasteiger charge is -2.15. The standard InChI is InChI=1S/C24H20ClN3O2/c1-16-11-13-17(14-12-16)22-21(26-23(29)18-7-3-2-4-8-18)24(30)27-28(22)15-19-9-5-6-10-20(19)25/h2-15,21-22H,1H3,(H-,26,27,29,30)/p+1/b28-15-/t21-,22+/m0/s1. The van der Waals surface area contributed by atoms with Crippen molar-refractivity contribution in [1.29, 1.82) is 0 Å². The third kappa shape index (κ3) is 4.11. The second kappa shape index (κ2) is 8.51. The van der Waals surface area contributed by atoms with Crippen LogP contribution < -0.4 is 10.7 Å². The van der Waals surface area contributed by atoms with E-state index in [2.05, 4.69) is 10.7 Å². The van der Waals surface area contributed by atoms with Crippen molar-refractivity contribution < 1.29 is 14.3 Å². The van der Waals surface area contributed by atoms with E-state index in [1.54, 1.807) is 41.2 Å². The quantitative estimate of drug-likeness (QED) is 0.635. The van der Waals surface area contributed by atoms with Gasteiger partial charge in [-0.3, -0.25) is 9.59 Å². The summed E-state index contributed by atoms with van der Waals surface area (Å²) in [6, 6.07) is 23.0. The molecule has 0 unspecified atom stereocenters. The van der Waals surface area contributed by atoms with Crippen molar-refractivity contribution in [3.63, 3.8) is 0 Å². The van der Waals surface area contributed by atoms with Crippen LogP contribution in [0, 0.1) is 6.92 Å². The van der Waals surface area contributed by atoms with Crippen LogP contribution in [-0.4, -0.2) is 28.8 Å². The first-order valence-electron chi connectivity index (χ1n) is 9.63. The molecule has 0 spiro atoms. The summed E-state index contributed by atoms with van der Waals surface area (Å²) >= 11 is 6.31. The number of halogens is 1. The number of carbonyl (C=O) groups excluding carboxylic acids is 2. The molecule has 3 aromatic rings. The minimum atomic E-state index is -0.765. The molecule has 2 atom stereocenters. The Morgan fingerprint density at radius 2 is 1.67 bits per heavy atom. The highest BCUT2D eigenvalue weighted by molar-refractivity contribution is 6.32. The molecule has 1 saturated heterocycles. The van der Waals surface area contributed by atoms with Gasteiger partial charge in [0.1, 0.15) is 0 Å². The molecule has 1 aliphatic heterocycles. The highest BCUT2D eigenvalue weighted by Crippen LogP contribution is 2.26. The SMILES string of the molecule is Cc1ccc([C@@H]2[C@H](NC(=O)c3ccccc3)C(=O)N/[N+]2=C\c2ccccc2Cl)cc1. The summed E-state index contributed by atoms with van der Waals surface area (Å²) < 4.78 is 1.71. The molecule has 0 radical (unpaired) electrons. The Labute approximate surface area is 180 Å². The van der Waals surface area contributed by atoms with Crippen LogP contribution in [0.1, 0.15) is 33.1 Å². The highest BCUT2D eigenvalue weighted by Gasteiger charge is 2.47. The van der Waals surface area contributed by atoms with Gasteiger partial charge in [0.05, 0.1) is 10.6 Å². The zero-order valence-electron chi connectivity index (χ0n) is 16.4. The van der Waals surface area contributed by atoms with E-state index in [1.165, 1.54) is 0 Å². The zero-order valence-corrected chi connectivity index (χ0v) is 17.1. The highest BCUT2D eigenvalue weighted by atomic mass is 35.5. The molecule has 0 bridgehead atoms. The molecule has 5 nitrogen and oxygen atoms in total. The molecular weight excluding hydrogens is 398 g/mol. The average Bonchev–Trinajstić information content (AvgIpc) is 3.05. The van der Waals surface area contributed by atoms with Gasteiger partial charge in [0.15, 0.2) is 6.04 Å². The number of amides is 2. The number of hydrogen-bond acceptors (Lipinski definition) is 2. The normalized spacial score (nSPS) is 19.5. The Morgan fingerprint density at radius 3 is 2.37 bits per heavy atom. The molecule has 1 heterocycles. The molecule has 30 heavy (non-hydrogen) atoms. The predicted molar refractivity (Wildman–Crippen MR) is 117 cm³/mol. The molecule has 3 aromatic carbocycles. The lowest BCUT2D eigenvalue weighted by molar-refractivity contribution is -0.596. The van der Waals surface area contributed by atoms with Crippen LogP contribution >= 0.6 is 11.6 Å². The summed E-state index contributed by atoms with van der Waals surface area (Å²) in [6.45, 7) is 2.00. The molecule has 6 heteroatoms. The van der Waals surface area contributed by atoms with Crippen LogP contribution in [-0.2, 0) is 4.79 Å². The monoisotopic (exact) mass is 418 g/mol. The Bertz CT molecular complexity index is 1110. The van der Waals surface area contributed by atoms with Gasteiger partial charge in [-0.25, -0.2) is 0 Å². The zero-order chi connectivity index (χ0) is 21.1. The van der Waals surface area contributed by atoms with Gasteiger partial charge in [0, 0.05) is 11.1 Å². The van der Waals surface area contributed by atoms with Gasteiger partial charge >= 0.3 is 5.91 Å². The molecule has 2 N–H and O–H groups in total. The van der Waals surface area contributed by atoms with Crippen LogP contribution in [0.4, 0.5) is 0 Å². The van der Waals surface area contributed by atoms with Gasteiger partial charge in [0.2, 0.25) is 12.3 Å². The van der Waals surface area contributed by atoms with Crippen LogP contribution in [0.15, 0.2) is 78.9 Å². The predicted octanol–water partition coefficient (Wildman–Crippen LogP) is 3.66. The van der Waals surface area contributed by atoms with Crippen molar-refractivity contribution >= 4 is 29.6 Å². The first-order chi connectivity index (χ1) is 14.5. The summed E-state index contributed by atoms with van der Waals surface area (Å²) in [5.74, 6) is -0.583. The summed E-state index contributed by atoms with van der Waals surface area (Å²) in [4.78, 5) is 25.6. The molecule has 0 saturated carbocycles. The van der Waals surface area contributed by atoms with Gasteiger partial charge in [-0.05, 0) is 31.2 Å². The van der Waals surface area contributed by atoms with Crippen LogP contribution in [0.3, 0.4) is 0 Å². The maximum atomic E-state index is 12.9. The van der Waals surface area contributed by atoms with E-state index in [9.17, 15) is 9.59 Å². The fourth-order valence-corrected chi connectivity index (χ4v) is 3.67. The number of hydrogen-bond donors (Lipinski definition) is 2. The molecule has 1 aliphatic rings. The number of nitrogens with zero attached hydrogens (tertiary/aromatic N) is 1. The number of aryl methyl sites for hydroxylation is 1. The number of hydrazone groups is 1. The van der Waals surface area contributed by atoms with E-state index >= 15 is 0 Å². The summed E-state index contributed by atoms with van der Waals surface area (Å²) in [5, 5.41) is 3.47. The molecule has 1 fully saturated rings. The smallest absolute Gasteiger partial charge is 0.304 e. The third-order valence-electron chi connectivity index (χ3n) is 5.06. The topological polar surface area (TPSA) is 61.2 Å². The third-order valence-corrected chi connectivity index (χ3v) is 5.41.